The molecule has 0 radical (unpaired) electrons. The first-order valence-electron chi connectivity index (χ1n) is 13.2. The van der Waals surface area contributed by atoms with Crippen molar-refractivity contribution in [2.75, 3.05) is 29.6 Å². The Morgan fingerprint density at radius 3 is 2.31 bits per heavy atom. The number of carbonyl (C=O) groups is 2. The molecule has 1 aliphatic rings. The number of nitrogens with one attached hydrogen (secondary N) is 1. The normalized spacial score (nSPS) is 15.3. The summed E-state index contributed by atoms with van der Waals surface area (Å²) in [6.45, 7) is 5.48. The van der Waals surface area contributed by atoms with Crippen molar-refractivity contribution in [3.8, 4) is 11.4 Å². The van der Waals surface area contributed by atoms with Crippen LogP contribution >= 0.6 is 11.8 Å². The van der Waals surface area contributed by atoms with Gasteiger partial charge >= 0.3 is 0 Å². The third-order valence-electron chi connectivity index (χ3n) is 6.79. The second kappa shape index (κ2) is 11.6. The molecule has 0 bridgehead atoms. The first-order valence-corrected chi connectivity index (χ1v) is 14.2. The molecule has 3 aromatic carbocycles. The summed E-state index contributed by atoms with van der Waals surface area (Å²) >= 11 is 1.19. The molecule has 7 nitrogen and oxygen atoms in total. The standard InChI is InChI=1S/C31H29F3N4O3S/c1-31(2,3)29-27-28(23-14-7-19(33)15-24(23)34)42-17-26(40)37(16-25(39)35-20-8-5-18(32)6-9-20)30(27)38(36-29)21-10-12-22(41-4)13-11-21/h5-15,28H,16-17H2,1-4H3,(H,35,39). The van der Waals surface area contributed by atoms with Gasteiger partial charge in [0, 0.05) is 28.3 Å². The number of fused-ring (bicyclic) bond motifs is 1. The number of carbonyl (C=O) groups excluding carboxylic acids is 2. The van der Waals surface area contributed by atoms with Gasteiger partial charge in [0.25, 0.3) is 0 Å². The van der Waals surface area contributed by atoms with E-state index in [4.69, 9.17) is 9.84 Å². The topological polar surface area (TPSA) is 76.5 Å². The molecule has 218 valence electrons. The molecule has 1 N–H and O–H groups in total. The average Bonchev–Trinajstić information content (AvgIpc) is 3.29. The van der Waals surface area contributed by atoms with Crippen LogP contribution < -0.4 is 15.0 Å². The lowest BCUT2D eigenvalue weighted by Gasteiger charge is -2.24. The summed E-state index contributed by atoms with van der Waals surface area (Å²) < 4.78 is 49.5. The number of methoxy groups -OCH3 is 1. The van der Waals surface area contributed by atoms with E-state index in [1.54, 1.807) is 36.1 Å². The van der Waals surface area contributed by atoms with Crippen LogP contribution in [0.4, 0.5) is 24.7 Å². The highest BCUT2D eigenvalue weighted by Crippen LogP contribution is 2.49. The van der Waals surface area contributed by atoms with Crippen LogP contribution in [0.2, 0.25) is 0 Å². The smallest absolute Gasteiger partial charge is 0.244 e. The molecule has 0 saturated carbocycles. The summed E-state index contributed by atoms with van der Waals surface area (Å²) in [6, 6.07) is 15.7. The van der Waals surface area contributed by atoms with Gasteiger partial charge in [-0.25, -0.2) is 17.9 Å². The molecule has 1 atom stereocenters. The third-order valence-corrected chi connectivity index (χ3v) is 8.03. The van der Waals surface area contributed by atoms with E-state index < -0.39 is 39.9 Å². The SMILES string of the molecule is COc1ccc(-n2nc(C(C)(C)C)c3c2N(CC(=O)Nc2ccc(F)cc2)C(=O)CSC3c2ccc(F)cc2F)cc1. The minimum absolute atomic E-state index is 0.0772. The first-order chi connectivity index (χ1) is 20.0. The molecular weight excluding hydrogens is 565 g/mol. The average molecular weight is 595 g/mol. The Bertz CT molecular complexity index is 1630. The van der Waals surface area contributed by atoms with E-state index >= 15 is 4.39 Å². The van der Waals surface area contributed by atoms with Crippen molar-refractivity contribution in [1.29, 1.82) is 0 Å². The fraction of sp³-hybridized carbons (Fsp3) is 0.258. The van der Waals surface area contributed by atoms with Crippen LogP contribution in [-0.2, 0) is 15.0 Å². The van der Waals surface area contributed by atoms with Gasteiger partial charge in [-0.2, -0.15) is 5.10 Å². The molecule has 42 heavy (non-hydrogen) atoms. The number of amides is 2. The number of hydrogen-bond donors (Lipinski definition) is 1. The Hall–Kier alpha value is -4.25. The molecular formula is C31H29F3N4O3S. The van der Waals surface area contributed by atoms with Gasteiger partial charge < -0.3 is 10.1 Å². The zero-order valence-electron chi connectivity index (χ0n) is 23.5. The number of benzene rings is 3. The van der Waals surface area contributed by atoms with E-state index in [0.717, 1.165) is 6.07 Å². The Labute approximate surface area is 245 Å². The van der Waals surface area contributed by atoms with E-state index in [1.165, 1.54) is 53.1 Å². The summed E-state index contributed by atoms with van der Waals surface area (Å²) in [4.78, 5) is 28.3. The van der Waals surface area contributed by atoms with Crippen LogP contribution in [0, 0.1) is 17.5 Å². The second-order valence-corrected chi connectivity index (χ2v) is 11.9. The monoisotopic (exact) mass is 594 g/mol. The molecule has 0 spiro atoms. The molecule has 0 saturated heterocycles. The molecule has 1 aromatic heterocycles. The van der Waals surface area contributed by atoms with E-state index in [2.05, 4.69) is 5.32 Å². The van der Waals surface area contributed by atoms with Gasteiger partial charge in [-0.15, -0.1) is 11.8 Å². The number of thioether (sulfide) groups is 1. The fourth-order valence-corrected chi connectivity index (χ4v) is 6.03. The van der Waals surface area contributed by atoms with Crippen molar-refractivity contribution in [1.82, 2.24) is 9.78 Å². The van der Waals surface area contributed by atoms with Crippen LogP contribution in [0.15, 0.2) is 66.7 Å². The maximum atomic E-state index is 15.3. The Balaban J connectivity index is 1.70. The number of rotatable bonds is 6. The molecule has 0 aliphatic carbocycles. The van der Waals surface area contributed by atoms with E-state index in [-0.39, 0.29) is 17.9 Å². The maximum absolute atomic E-state index is 15.3. The summed E-state index contributed by atoms with van der Waals surface area (Å²) in [6.07, 6.45) is 0. The summed E-state index contributed by atoms with van der Waals surface area (Å²) in [5.74, 6) is -1.97. The van der Waals surface area contributed by atoms with Gasteiger partial charge in [-0.1, -0.05) is 26.8 Å². The van der Waals surface area contributed by atoms with Gasteiger partial charge in [0.05, 0.1) is 29.5 Å². The van der Waals surface area contributed by atoms with Gasteiger partial charge in [-0.05, 0) is 54.6 Å². The van der Waals surface area contributed by atoms with E-state index in [1.807, 2.05) is 20.8 Å². The second-order valence-electron chi connectivity index (χ2n) is 10.8. The molecule has 5 rings (SSSR count). The molecule has 11 heteroatoms. The zero-order chi connectivity index (χ0) is 30.2. The van der Waals surface area contributed by atoms with Crippen LogP contribution in [0.25, 0.3) is 5.69 Å². The number of hydrogen-bond acceptors (Lipinski definition) is 5. The van der Waals surface area contributed by atoms with E-state index in [0.29, 0.717) is 34.2 Å². The van der Waals surface area contributed by atoms with Gasteiger partial charge in [0.1, 0.15) is 35.6 Å². The minimum Gasteiger partial charge on any atom is -0.497 e. The van der Waals surface area contributed by atoms with Crippen molar-refractivity contribution in [2.24, 2.45) is 0 Å². The number of anilines is 2. The van der Waals surface area contributed by atoms with Crippen molar-refractivity contribution in [2.45, 2.75) is 31.4 Å². The van der Waals surface area contributed by atoms with Crippen molar-refractivity contribution in [3.63, 3.8) is 0 Å². The fourth-order valence-electron chi connectivity index (χ4n) is 4.81. The molecule has 0 fully saturated rings. The number of aromatic nitrogens is 2. The highest BCUT2D eigenvalue weighted by atomic mass is 32.2. The Morgan fingerprint density at radius 1 is 1.02 bits per heavy atom. The maximum Gasteiger partial charge on any atom is 0.244 e. The van der Waals surface area contributed by atoms with Crippen LogP contribution in [0.5, 0.6) is 5.75 Å². The summed E-state index contributed by atoms with van der Waals surface area (Å²) in [5, 5.41) is 6.92. The highest BCUT2D eigenvalue weighted by molar-refractivity contribution is 8.00. The zero-order valence-corrected chi connectivity index (χ0v) is 24.3. The number of nitrogens with zero attached hydrogens (tertiary/aromatic N) is 3. The van der Waals surface area contributed by atoms with Crippen LogP contribution in [0.1, 0.15) is 42.8 Å². The van der Waals surface area contributed by atoms with Crippen LogP contribution in [0.3, 0.4) is 0 Å². The van der Waals surface area contributed by atoms with Gasteiger partial charge in [0.2, 0.25) is 11.8 Å². The summed E-state index contributed by atoms with van der Waals surface area (Å²) in [7, 11) is 1.55. The molecule has 4 aromatic rings. The lowest BCUT2D eigenvalue weighted by atomic mass is 9.87. The lowest BCUT2D eigenvalue weighted by molar-refractivity contribution is -0.120. The molecule has 2 amide bonds. The number of ether oxygens (including phenoxy) is 1. The Kier molecular flexibility index (Phi) is 8.05. The predicted octanol–water partition coefficient (Wildman–Crippen LogP) is 6.40. The van der Waals surface area contributed by atoms with Gasteiger partial charge in [-0.3, -0.25) is 14.5 Å². The minimum atomic E-state index is -0.745. The van der Waals surface area contributed by atoms with Crippen molar-refractivity contribution >= 4 is 35.1 Å². The molecule has 1 unspecified atom stereocenters. The van der Waals surface area contributed by atoms with E-state index in [9.17, 15) is 18.4 Å². The van der Waals surface area contributed by atoms with Crippen LogP contribution in [-0.4, -0.2) is 41.0 Å². The first kappa shape index (κ1) is 29.2. The highest BCUT2D eigenvalue weighted by Gasteiger charge is 2.40. The number of halogens is 3. The largest absolute Gasteiger partial charge is 0.497 e. The van der Waals surface area contributed by atoms with Gasteiger partial charge in [0.15, 0.2) is 0 Å². The predicted molar refractivity (Wildman–Crippen MR) is 157 cm³/mol. The molecule has 2 heterocycles. The quantitative estimate of drug-likeness (QED) is 0.280. The Morgan fingerprint density at radius 2 is 1.69 bits per heavy atom. The molecule has 1 aliphatic heterocycles. The van der Waals surface area contributed by atoms with Crippen molar-refractivity contribution in [3.05, 3.63) is 101 Å². The summed E-state index contributed by atoms with van der Waals surface area (Å²) in [5.41, 5.74) is 1.73. The van der Waals surface area contributed by atoms with Crippen molar-refractivity contribution < 1.29 is 27.5 Å². The lowest BCUT2D eigenvalue weighted by Crippen LogP contribution is -2.40. The third kappa shape index (κ3) is 5.87.